The number of carbonyl (C=O) groups excluding carboxylic acids is 1. The molecule has 12 heavy (non-hydrogen) atoms. The second kappa shape index (κ2) is 2.68. The SMILES string of the molecule is COC(=O)C1(C)COS(=O)(=O)O1. The number of carbonyl (C=O) groups is 1. The van der Waals surface area contributed by atoms with E-state index in [9.17, 15) is 13.2 Å². The molecule has 1 aliphatic heterocycles. The standard InChI is InChI=1S/C5H8O6S/c1-5(4(6)9-2)3-10-12(7,8)11-5/h3H2,1-2H3. The number of ether oxygens (including phenoxy) is 1. The maximum atomic E-state index is 10.9. The lowest BCUT2D eigenvalue weighted by Crippen LogP contribution is -2.38. The molecule has 0 aromatic carbocycles. The van der Waals surface area contributed by atoms with Gasteiger partial charge in [-0.1, -0.05) is 0 Å². The normalized spacial score (nSPS) is 33.2. The highest BCUT2D eigenvalue weighted by atomic mass is 32.3. The van der Waals surface area contributed by atoms with Crippen LogP contribution in [-0.2, 0) is 28.3 Å². The number of hydrogen-bond donors (Lipinski definition) is 0. The van der Waals surface area contributed by atoms with E-state index in [4.69, 9.17) is 0 Å². The fourth-order valence-corrected chi connectivity index (χ4v) is 1.75. The van der Waals surface area contributed by atoms with Crippen molar-refractivity contribution in [1.82, 2.24) is 0 Å². The summed E-state index contributed by atoms with van der Waals surface area (Å²) in [5.74, 6) is -0.774. The van der Waals surface area contributed by atoms with Gasteiger partial charge in [-0.05, 0) is 6.92 Å². The van der Waals surface area contributed by atoms with Gasteiger partial charge in [0.15, 0.2) is 0 Å². The molecule has 1 rings (SSSR count). The Morgan fingerprint density at radius 3 is 2.50 bits per heavy atom. The molecule has 0 amide bonds. The van der Waals surface area contributed by atoms with Gasteiger partial charge < -0.3 is 4.74 Å². The summed E-state index contributed by atoms with van der Waals surface area (Å²) in [6.45, 7) is 0.936. The minimum Gasteiger partial charge on any atom is -0.467 e. The van der Waals surface area contributed by atoms with E-state index in [1.165, 1.54) is 6.92 Å². The number of esters is 1. The predicted octanol–water partition coefficient (Wildman–Crippen LogP) is -0.790. The molecular formula is C5H8O6S. The fraction of sp³-hybridized carbons (Fsp3) is 0.800. The molecule has 1 unspecified atom stereocenters. The van der Waals surface area contributed by atoms with E-state index in [2.05, 4.69) is 13.1 Å². The maximum absolute atomic E-state index is 10.9. The van der Waals surface area contributed by atoms with Gasteiger partial charge in [0.1, 0.15) is 6.61 Å². The Kier molecular flexibility index (Phi) is 2.11. The van der Waals surface area contributed by atoms with Crippen molar-refractivity contribution < 1.29 is 26.3 Å². The van der Waals surface area contributed by atoms with E-state index < -0.39 is 22.0 Å². The van der Waals surface area contributed by atoms with Crippen molar-refractivity contribution in [2.24, 2.45) is 0 Å². The highest BCUT2D eigenvalue weighted by Crippen LogP contribution is 2.24. The third kappa shape index (κ3) is 1.57. The predicted molar refractivity (Wildman–Crippen MR) is 36.4 cm³/mol. The third-order valence-electron chi connectivity index (χ3n) is 1.38. The highest BCUT2D eigenvalue weighted by molar-refractivity contribution is 7.82. The molecule has 1 aliphatic rings. The lowest BCUT2D eigenvalue weighted by Gasteiger charge is -2.14. The van der Waals surface area contributed by atoms with Crippen LogP contribution in [-0.4, -0.2) is 33.7 Å². The first-order valence-corrected chi connectivity index (χ1v) is 4.41. The van der Waals surface area contributed by atoms with E-state index in [-0.39, 0.29) is 6.61 Å². The van der Waals surface area contributed by atoms with Crippen LogP contribution in [0.4, 0.5) is 0 Å². The average Bonchev–Trinajstić information content (AvgIpc) is 2.25. The molecule has 0 saturated carbocycles. The Labute approximate surface area is 69.7 Å². The fourth-order valence-electron chi connectivity index (χ4n) is 0.767. The Balaban J connectivity index is 2.85. The van der Waals surface area contributed by atoms with Gasteiger partial charge in [0.05, 0.1) is 7.11 Å². The zero-order chi connectivity index (χ0) is 9.41. The van der Waals surface area contributed by atoms with Gasteiger partial charge in [0.2, 0.25) is 5.60 Å². The van der Waals surface area contributed by atoms with Crippen molar-refractivity contribution in [1.29, 1.82) is 0 Å². The van der Waals surface area contributed by atoms with Crippen molar-refractivity contribution in [3.63, 3.8) is 0 Å². The molecule has 0 bridgehead atoms. The Bertz CT molecular complexity index is 293. The minimum atomic E-state index is -4.01. The van der Waals surface area contributed by atoms with Gasteiger partial charge in [-0.2, -0.15) is 8.42 Å². The number of rotatable bonds is 1. The minimum absolute atomic E-state index is 0.345. The maximum Gasteiger partial charge on any atom is 0.401 e. The second-order valence-electron chi connectivity index (χ2n) is 2.48. The first-order chi connectivity index (χ1) is 5.40. The summed E-state index contributed by atoms with van der Waals surface area (Å²) in [5.41, 5.74) is -1.53. The van der Waals surface area contributed by atoms with Crippen molar-refractivity contribution in [3.05, 3.63) is 0 Å². The van der Waals surface area contributed by atoms with E-state index >= 15 is 0 Å². The first-order valence-electron chi connectivity index (χ1n) is 3.08. The molecule has 1 saturated heterocycles. The van der Waals surface area contributed by atoms with Gasteiger partial charge in [-0.15, -0.1) is 0 Å². The average molecular weight is 196 g/mol. The van der Waals surface area contributed by atoms with Gasteiger partial charge in [-0.3, -0.25) is 0 Å². The molecule has 7 heteroatoms. The molecule has 70 valence electrons. The summed E-state index contributed by atoms with van der Waals surface area (Å²) in [7, 11) is -2.87. The molecule has 0 radical (unpaired) electrons. The molecule has 0 spiro atoms. The highest BCUT2D eigenvalue weighted by Gasteiger charge is 2.48. The second-order valence-corrected chi connectivity index (χ2v) is 3.70. The zero-order valence-corrected chi connectivity index (χ0v) is 7.38. The largest absolute Gasteiger partial charge is 0.467 e. The molecule has 1 fully saturated rings. The van der Waals surface area contributed by atoms with Crippen LogP contribution >= 0.6 is 0 Å². The van der Waals surface area contributed by atoms with E-state index in [0.717, 1.165) is 7.11 Å². The Morgan fingerprint density at radius 1 is 1.58 bits per heavy atom. The third-order valence-corrected chi connectivity index (χ3v) is 2.36. The molecular weight excluding hydrogens is 188 g/mol. The van der Waals surface area contributed by atoms with E-state index in [0.29, 0.717) is 0 Å². The summed E-state index contributed by atoms with van der Waals surface area (Å²) in [6.07, 6.45) is 0. The van der Waals surface area contributed by atoms with Gasteiger partial charge in [0.25, 0.3) is 0 Å². The van der Waals surface area contributed by atoms with Crippen LogP contribution in [0.5, 0.6) is 0 Å². The molecule has 0 N–H and O–H groups in total. The molecule has 0 aliphatic carbocycles. The molecule has 6 nitrogen and oxygen atoms in total. The molecule has 0 aromatic rings. The summed E-state index contributed by atoms with van der Waals surface area (Å²) < 4.78 is 34.1. The van der Waals surface area contributed by atoms with Crippen molar-refractivity contribution >= 4 is 16.4 Å². The van der Waals surface area contributed by atoms with Crippen LogP contribution in [0.3, 0.4) is 0 Å². The Morgan fingerprint density at radius 2 is 2.17 bits per heavy atom. The van der Waals surface area contributed by atoms with Crippen LogP contribution < -0.4 is 0 Å². The van der Waals surface area contributed by atoms with Gasteiger partial charge in [0, 0.05) is 0 Å². The summed E-state index contributed by atoms with van der Waals surface area (Å²) in [4.78, 5) is 10.9. The number of hydrogen-bond acceptors (Lipinski definition) is 6. The zero-order valence-electron chi connectivity index (χ0n) is 6.56. The summed E-state index contributed by atoms with van der Waals surface area (Å²) in [6, 6.07) is 0. The van der Waals surface area contributed by atoms with Gasteiger partial charge in [-0.25, -0.2) is 13.2 Å². The van der Waals surface area contributed by atoms with Crippen molar-refractivity contribution in [3.8, 4) is 0 Å². The van der Waals surface area contributed by atoms with Crippen molar-refractivity contribution in [2.75, 3.05) is 13.7 Å². The van der Waals surface area contributed by atoms with Crippen LogP contribution in [0.2, 0.25) is 0 Å². The van der Waals surface area contributed by atoms with E-state index in [1.54, 1.807) is 0 Å². The van der Waals surface area contributed by atoms with Crippen molar-refractivity contribution in [2.45, 2.75) is 12.5 Å². The summed E-state index contributed by atoms with van der Waals surface area (Å²) in [5, 5.41) is 0. The monoisotopic (exact) mass is 196 g/mol. The topological polar surface area (TPSA) is 78.9 Å². The van der Waals surface area contributed by atoms with Gasteiger partial charge >= 0.3 is 16.4 Å². The summed E-state index contributed by atoms with van der Waals surface area (Å²) >= 11 is 0. The van der Waals surface area contributed by atoms with Crippen LogP contribution in [0, 0.1) is 0 Å². The molecule has 0 aromatic heterocycles. The first kappa shape index (κ1) is 9.43. The van der Waals surface area contributed by atoms with Crippen LogP contribution in [0.1, 0.15) is 6.92 Å². The Hall–Kier alpha value is -0.660. The van der Waals surface area contributed by atoms with E-state index in [1.807, 2.05) is 0 Å². The molecule has 1 atom stereocenters. The lowest BCUT2D eigenvalue weighted by molar-refractivity contribution is -0.156. The quantitative estimate of drug-likeness (QED) is 0.511. The number of methoxy groups -OCH3 is 1. The lowest BCUT2D eigenvalue weighted by atomic mass is 10.1. The smallest absolute Gasteiger partial charge is 0.401 e. The van der Waals surface area contributed by atoms with Crippen LogP contribution in [0.15, 0.2) is 0 Å². The molecule has 1 heterocycles. The van der Waals surface area contributed by atoms with Crippen LogP contribution in [0.25, 0.3) is 0 Å².